The van der Waals surface area contributed by atoms with Crippen molar-refractivity contribution in [1.29, 1.82) is 0 Å². The lowest BCUT2D eigenvalue weighted by Crippen LogP contribution is -1.97. The Morgan fingerprint density at radius 3 is 2.81 bits per heavy atom. The molecule has 3 aromatic rings. The number of fused-ring (bicyclic) bond motifs is 1. The van der Waals surface area contributed by atoms with Gasteiger partial charge in [-0.15, -0.1) is 0 Å². The minimum Gasteiger partial charge on any atom is -0.288 e. The zero-order valence-corrected chi connectivity index (χ0v) is 11.8. The molecule has 102 valence electrons. The number of nitrogens with zero attached hydrogens (tertiary/aromatic N) is 2. The predicted octanol–water partition coefficient (Wildman–Crippen LogP) is 4.18. The van der Waals surface area contributed by atoms with Crippen molar-refractivity contribution in [1.82, 2.24) is 9.97 Å². The molecular weight excluding hydrogens is 284 g/mol. The lowest BCUT2D eigenvalue weighted by atomic mass is 10.1. The van der Waals surface area contributed by atoms with Gasteiger partial charge in [0.15, 0.2) is 0 Å². The zero-order valence-electron chi connectivity index (χ0n) is 11.0. The highest BCUT2D eigenvalue weighted by Crippen LogP contribution is 2.15. The molecule has 0 bridgehead atoms. The SMILES string of the molecule is O=C(C=Cc1ccc2ncccc2c1)c1ccc(Cl)cn1. The number of carbonyl (C=O) groups excluding carboxylic acids is 1. The van der Waals surface area contributed by atoms with Crippen molar-refractivity contribution >= 4 is 34.4 Å². The van der Waals surface area contributed by atoms with Gasteiger partial charge in [0.05, 0.1) is 10.5 Å². The van der Waals surface area contributed by atoms with E-state index < -0.39 is 0 Å². The second-order valence-corrected chi connectivity index (χ2v) is 4.95. The van der Waals surface area contributed by atoms with Crippen molar-refractivity contribution in [2.24, 2.45) is 0 Å². The fourth-order valence-electron chi connectivity index (χ4n) is 1.98. The van der Waals surface area contributed by atoms with Crippen LogP contribution in [0.25, 0.3) is 17.0 Å². The van der Waals surface area contributed by atoms with Gasteiger partial charge in [-0.05, 0) is 42.0 Å². The summed E-state index contributed by atoms with van der Waals surface area (Å²) in [5.74, 6) is -0.155. The van der Waals surface area contributed by atoms with E-state index in [-0.39, 0.29) is 5.78 Å². The first-order chi connectivity index (χ1) is 10.2. The van der Waals surface area contributed by atoms with Gasteiger partial charge in [0, 0.05) is 17.8 Å². The lowest BCUT2D eigenvalue weighted by molar-refractivity contribution is 0.104. The third-order valence-electron chi connectivity index (χ3n) is 3.03. The van der Waals surface area contributed by atoms with E-state index in [1.165, 1.54) is 12.3 Å². The molecule has 0 spiro atoms. The molecule has 3 rings (SSSR count). The van der Waals surface area contributed by atoms with Crippen LogP contribution in [0.15, 0.2) is 60.9 Å². The van der Waals surface area contributed by atoms with Gasteiger partial charge in [0.2, 0.25) is 5.78 Å². The Kier molecular flexibility index (Phi) is 3.75. The third-order valence-corrected chi connectivity index (χ3v) is 3.26. The fourth-order valence-corrected chi connectivity index (χ4v) is 2.09. The van der Waals surface area contributed by atoms with Crippen LogP contribution in [0, 0.1) is 0 Å². The number of allylic oxidation sites excluding steroid dienone is 1. The van der Waals surface area contributed by atoms with Crippen molar-refractivity contribution in [3.63, 3.8) is 0 Å². The van der Waals surface area contributed by atoms with Crippen LogP contribution < -0.4 is 0 Å². The maximum atomic E-state index is 12.0. The van der Waals surface area contributed by atoms with E-state index in [1.54, 1.807) is 24.4 Å². The summed E-state index contributed by atoms with van der Waals surface area (Å²) in [6, 6.07) is 13.0. The minimum absolute atomic E-state index is 0.155. The molecule has 0 saturated heterocycles. The lowest BCUT2D eigenvalue weighted by Gasteiger charge is -1.98. The molecule has 0 aliphatic carbocycles. The number of carbonyl (C=O) groups is 1. The number of benzene rings is 1. The predicted molar refractivity (Wildman–Crippen MR) is 84.4 cm³/mol. The van der Waals surface area contributed by atoms with Crippen LogP contribution in [0.1, 0.15) is 16.1 Å². The molecule has 0 atom stereocenters. The highest BCUT2D eigenvalue weighted by atomic mass is 35.5. The van der Waals surface area contributed by atoms with Gasteiger partial charge in [0.1, 0.15) is 5.69 Å². The zero-order chi connectivity index (χ0) is 14.7. The van der Waals surface area contributed by atoms with E-state index in [0.717, 1.165) is 16.5 Å². The summed E-state index contributed by atoms with van der Waals surface area (Å²) in [7, 11) is 0. The maximum absolute atomic E-state index is 12.0. The monoisotopic (exact) mass is 294 g/mol. The van der Waals surface area contributed by atoms with Crippen LogP contribution in [0.5, 0.6) is 0 Å². The normalized spacial score (nSPS) is 11.1. The molecule has 2 aromatic heterocycles. The number of pyridine rings is 2. The molecule has 2 heterocycles. The second kappa shape index (κ2) is 5.85. The van der Waals surface area contributed by atoms with Gasteiger partial charge in [-0.3, -0.25) is 14.8 Å². The van der Waals surface area contributed by atoms with Gasteiger partial charge in [-0.2, -0.15) is 0 Å². The fraction of sp³-hybridized carbons (Fsp3) is 0. The Hall–Kier alpha value is -2.52. The highest BCUT2D eigenvalue weighted by molar-refractivity contribution is 6.30. The number of hydrogen-bond donors (Lipinski definition) is 0. The molecule has 0 saturated carbocycles. The molecule has 0 unspecified atom stereocenters. The smallest absolute Gasteiger partial charge is 0.204 e. The Morgan fingerprint density at radius 2 is 2.00 bits per heavy atom. The Balaban J connectivity index is 1.83. The van der Waals surface area contributed by atoms with Crippen molar-refractivity contribution in [3.8, 4) is 0 Å². The summed E-state index contributed by atoms with van der Waals surface area (Å²) in [6.45, 7) is 0. The van der Waals surface area contributed by atoms with Crippen molar-refractivity contribution < 1.29 is 4.79 Å². The summed E-state index contributed by atoms with van der Waals surface area (Å²) in [5.41, 5.74) is 2.25. The molecule has 1 aromatic carbocycles. The van der Waals surface area contributed by atoms with E-state index in [1.807, 2.05) is 30.3 Å². The minimum atomic E-state index is -0.155. The molecule has 0 radical (unpaired) electrons. The van der Waals surface area contributed by atoms with Gasteiger partial charge in [-0.25, -0.2) is 0 Å². The molecule has 0 amide bonds. The van der Waals surface area contributed by atoms with Crippen LogP contribution in [0.2, 0.25) is 5.02 Å². The number of hydrogen-bond acceptors (Lipinski definition) is 3. The number of aromatic nitrogens is 2. The molecule has 0 aliphatic rings. The number of halogens is 1. The Labute approximate surface area is 126 Å². The quantitative estimate of drug-likeness (QED) is 0.537. The first kappa shape index (κ1) is 13.5. The summed E-state index contributed by atoms with van der Waals surface area (Å²) in [4.78, 5) is 20.2. The molecular formula is C17H11ClN2O. The Bertz CT molecular complexity index is 826. The van der Waals surface area contributed by atoms with E-state index in [2.05, 4.69) is 9.97 Å². The van der Waals surface area contributed by atoms with E-state index >= 15 is 0 Å². The molecule has 4 heteroatoms. The summed E-state index contributed by atoms with van der Waals surface area (Å²) >= 11 is 5.75. The largest absolute Gasteiger partial charge is 0.288 e. The second-order valence-electron chi connectivity index (χ2n) is 4.51. The van der Waals surface area contributed by atoms with Gasteiger partial charge in [0.25, 0.3) is 0 Å². The van der Waals surface area contributed by atoms with E-state index in [0.29, 0.717) is 10.7 Å². The standard InChI is InChI=1S/C17H11ClN2O/c18-14-5-7-16(20-11-14)17(21)8-4-12-3-6-15-13(10-12)2-1-9-19-15/h1-11H. The number of ketones is 1. The molecule has 21 heavy (non-hydrogen) atoms. The average Bonchev–Trinajstić information content (AvgIpc) is 2.53. The van der Waals surface area contributed by atoms with Crippen LogP contribution in [0.4, 0.5) is 0 Å². The summed E-state index contributed by atoms with van der Waals surface area (Å²) in [5, 5.41) is 1.55. The van der Waals surface area contributed by atoms with Crippen molar-refractivity contribution in [2.45, 2.75) is 0 Å². The molecule has 0 N–H and O–H groups in total. The van der Waals surface area contributed by atoms with Gasteiger partial charge >= 0.3 is 0 Å². The van der Waals surface area contributed by atoms with E-state index in [9.17, 15) is 4.79 Å². The first-order valence-electron chi connectivity index (χ1n) is 6.41. The van der Waals surface area contributed by atoms with Crippen LogP contribution in [0.3, 0.4) is 0 Å². The molecule has 0 fully saturated rings. The van der Waals surface area contributed by atoms with Gasteiger partial charge in [-0.1, -0.05) is 29.8 Å². The van der Waals surface area contributed by atoms with Crippen LogP contribution in [-0.2, 0) is 0 Å². The first-order valence-corrected chi connectivity index (χ1v) is 6.79. The maximum Gasteiger partial charge on any atom is 0.204 e. The third kappa shape index (κ3) is 3.15. The summed E-state index contributed by atoms with van der Waals surface area (Å²) < 4.78 is 0. The van der Waals surface area contributed by atoms with Gasteiger partial charge < -0.3 is 0 Å². The number of rotatable bonds is 3. The van der Waals surface area contributed by atoms with E-state index in [4.69, 9.17) is 11.6 Å². The summed E-state index contributed by atoms with van der Waals surface area (Å²) in [6.07, 6.45) is 6.50. The average molecular weight is 295 g/mol. The Morgan fingerprint density at radius 1 is 1.10 bits per heavy atom. The van der Waals surface area contributed by atoms with Crippen molar-refractivity contribution in [3.05, 3.63) is 77.2 Å². The highest BCUT2D eigenvalue weighted by Gasteiger charge is 2.03. The van der Waals surface area contributed by atoms with Crippen molar-refractivity contribution in [2.75, 3.05) is 0 Å². The van der Waals surface area contributed by atoms with Crippen LogP contribution >= 0.6 is 11.6 Å². The molecule has 0 aliphatic heterocycles. The topological polar surface area (TPSA) is 42.9 Å². The van der Waals surface area contributed by atoms with Crippen LogP contribution in [-0.4, -0.2) is 15.8 Å². The molecule has 3 nitrogen and oxygen atoms in total.